The lowest BCUT2D eigenvalue weighted by Crippen LogP contribution is -2.13. The van der Waals surface area contributed by atoms with E-state index in [0.717, 1.165) is 0 Å². The Balaban J connectivity index is 1.84. The number of hydrogen-bond acceptors (Lipinski definition) is 5. The van der Waals surface area contributed by atoms with Gasteiger partial charge < -0.3 is 19.2 Å². The zero-order valence-corrected chi connectivity index (χ0v) is 13.3. The minimum atomic E-state index is -0.355. The van der Waals surface area contributed by atoms with Gasteiger partial charge in [-0.25, -0.2) is 4.98 Å². The number of methoxy groups -OCH3 is 2. The number of carbonyl (C=O) groups is 1. The highest BCUT2D eigenvalue weighted by Crippen LogP contribution is 2.27. The van der Waals surface area contributed by atoms with Crippen molar-refractivity contribution >= 4 is 11.6 Å². The van der Waals surface area contributed by atoms with Crippen molar-refractivity contribution in [1.29, 1.82) is 0 Å². The van der Waals surface area contributed by atoms with Crippen LogP contribution in [0.4, 0.5) is 5.69 Å². The molecule has 0 aliphatic rings. The van der Waals surface area contributed by atoms with Crippen LogP contribution in [0.15, 0.2) is 59.3 Å². The molecule has 1 N–H and O–H groups in total. The summed E-state index contributed by atoms with van der Waals surface area (Å²) in [6.45, 7) is 0. The second-order valence-corrected chi connectivity index (χ2v) is 4.94. The molecule has 0 saturated heterocycles. The Bertz CT molecular complexity index is 840. The number of anilines is 1. The molecule has 6 nitrogen and oxygen atoms in total. The van der Waals surface area contributed by atoms with E-state index in [0.29, 0.717) is 28.5 Å². The Labute approximate surface area is 139 Å². The number of amides is 1. The molecule has 1 aromatic heterocycles. The van der Waals surface area contributed by atoms with Gasteiger partial charge in [0, 0.05) is 11.3 Å². The van der Waals surface area contributed by atoms with E-state index in [-0.39, 0.29) is 11.6 Å². The number of hydrogen-bond donors (Lipinski definition) is 1. The SMILES string of the molecule is COc1ccc(NC(=O)c2ncoc2-c2cccc(OC)c2)cc1. The molecule has 3 rings (SSSR count). The Morgan fingerprint density at radius 2 is 1.79 bits per heavy atom. The molecule has 2 aromatic carbocycles. The Hall–Kier alpha value is -3.28. The van der Waals surface area contributed by atoms with Crippen LogP contribution in [0.3, 0.4) is 0 Å². The van der Waals surface area contributed by atoms with Crippen LogP contribution in [-0.2, 0) is 0 Å². The van der Waals surface area contributed by atoms with Gasteiger partial charge in [0.1, 0.15) is 11.5 Å². The summed E-state index contributed by atoms with van der Waals surface area (Å²) in [5.41, 5.74) is 1.56. The van der Waals surface area contributed by atoms with Crippen LogP contribution in [0, 0.1) is 0 Å². The van der Waals surface area contributed by atoms with E-state index in [1.165, 1.54) is 6.39 Å². The first-order chi connectivity index (χ1) is 11.7. The predicted octanol–water partition coefficient (Wildman–Crippen LogP) is 3.61. The average molecular weight is 324 g/mol. The topological polar surface area (TPSA) is 73.6 Å². The molecule has 6 heteroatoms. The maximum Gasteiger partial charge on any atom is 0.278 e. The molecule has 0 saturated carbocycles. The van der Waals surface area contributed by atoms with E-state index in [1.54, 1.807) is 44.6 Å². The molecule has 0 radical (unpaired) electrons. The first kappa shape index (κ1) is 15.6. The second kappa shape index (κ2) is 6.87. The lowest BCUT2D eigenvalue weighted by atomic mass is 10.1. The normalized spacial score (nSPS) is 10.2. The molecule has 0 unspecified atom stereocenters. The predicted molar refractivity (Wildman–Crippen MR) is 89.4 cm³/mol. The van der Waals surface area contributed by atoms with Gasteiger partial charge in [-0.05, 0) is 36.4 Å². The van der Waals surface area contributed by atoms with E-state index in [1.807, 2.05) is 18.2 Å². The van der Waals surface area contributed by atoms with Gasteiger partial charge in [-0.2, -0.15) is 0 Å². The summed E-state index contributed by atoms with van der Waals surface area (Å²) in [5.74, 6) is 1.42. The van der Waals surface area contributed by atoms with Crippen molar-refractivity contribution in [3.05, 3.63) is 60.6 Å². The molecule has 3 aromatic rings. The van der Waals surface area contributed by atoms with E-state index in [9.17, 15) is 4.79 Å². The summed E-state index contributed by atoms with van der Waals surface area (Å²) >= 11 is 0. The minimum absolute atomic E-state index is 0.207. The average Bonchev–Trinajstić information content (AvgIpc) is 3.12. The van der Waals surface area contributed by atoms with Gasteiger partial charge in [-0.3, -0.25) is 4.79 Å². The maximum absolute atomic E-state index is 12.5. The van der Waals surface area contributed by atoms with Crippen LogP contribution in [-0.4, -0.2) is 25.1 Å². The molecule has 122 valence electrons. The second-order valence-electron chi connectivity index (χ2n) is 4.94. The van der Waals surface area contributed by atoms with Crippen LogP contribution < -0.4 is 14.8 Å². The third-order valence-electron chi connectivity index (χ3n) is 3.46. The molecule has 0 aliphatic carbocycles. The molecular formula is C18H16N2O4. The van der Waals surface area contributed by atoms with Crippen molar-refractivity contribution in [2.75, 3.05) is 19.5 Å². The van der Waals surface area contributed by atoms with Gasteiger partial charge in [-0.15, -0.1) is 0 Å². The molecule has 0 aliphatic heterocycles. The van der Waals surface area contributed by atoms with E-state index in [2.05, 4.69) is 10.3 Å². The van der Waals surface area contributed by atoms with Crippen LogP contribution in [0.1, 0.15) is 10.5 Å². The van der Waals surface area contributed by atoms with Crippen LogP contribution in [0.2, 0.25) is 0 Å². The van der Waals surface area contributed by atoms with Gasteiger partial charge in [0.15, 0.2) is 17.8 Å². The van der Waals surface area contributed by atoms with Gasteiger partial charge in [0.05, 0.1) is 14.2 Å². The number of oxazole rings is 1. The molecule has 24 heavy (non-hydrogen) atoms. The Kier molecular flexibility index (Phi) is 4.47. The van der Waals surface area contributed by atoms with Crippen molar-refractivity contribution in [2.45, 2.75) is 0 Å². The van der Waals surface area contributed by atoms with Crippen LogP contribution >= 0.6 is 0 Å². The number of benzene rings is 2. The smallest absolute Gasteiger partial charge is 0.278 e. The minimum Gasteiger partial charge on any atom is -0.497 e. The van der Waals surface area contributed by atoms with E-state index >= 15 is 0 Å². The molecule has 1 amide bonds. The fourth-order valence-electron chi connectivity index (χ4n) is 2.24. The van der Waals surface area contributed by atoms with Crippen LogP contribution in [0.5, 0.6) is 11.5 Å². The summed E-state index contributed by atoms with van der Waals surface area (Å²) in [7, 11) is 3.17. The number of carbonyl (C=O) groups excluding carboxylic acids is 1. The number of ether oxygens (including phenoxy) is 2. The van der Waals surface area contributed by atoms with Crippen molar-refractivity contribution in [3.8, 4) is 22.8 Å². The van der Waals surface area contributed by atoms with Gasteiger partial charge in [0.25, 0.3) is 5.91 Å². The number of nitrogens with one attached hydrogen (secondary N) is 1. The fourth-order valence-corrected chi connectivity index (χ4v) is 2.24. The number of aromatic nitrogens is 1. The fraction of sp³-hybridized carbons (Fsp3) is 0.111. The Morgan fingerprint density at radius 3 is 2.50 bits per heavy atom. The lowest BCUT2D eigenvalue weighted by molar-refractivity contribution is 0.102. The molecule has 1 heterocycles. The zero-order valence-electron chi connectivity index (χ0n) is 13.3. The van der Waals surface area contributed by atoms with Crippen molar-refractivity contribution < 1.29 is 18.7 Å². The molecule has 0 fully saturated rings. The Morgan fingerprint density at radius 1 is 1.04 bits per heavy atom. The molecule has 0 bridgehead atoms. The summed E-state index contributed by atoms with van der Waals surface area (Å²) in [6, 6.07) is 14.3. The molecule has 0 spiro atoms. The van der Waals surface area contributed by atoms with Gasteiger partial charge >= 0.3 is 0 Å². The summed E-state index contributed by atoms with van der Waals surface area (Å²) < 4.78 is 15.7. The van der Waals surface area contributed by atoms with E-state index in [4.69, 9.17) is 13.9 Å². The third-order valence-corrected chi connectivity index (χ3v) is 3.46. The lowest BCUT2D eigenvalue weighted by Gasteiger charge is -2.06. The van der Waals surface area contributed by atoms with Crippen molar-refractivity contribution in [3.63, 3.8) is 0 Å². The third kappa shape index (κ3) is 3.22. The maximum atomic E-state index is 12.5. The number of rotatable bonds is 5. The first-order valence-corrected chi connectivity index (χ1v) is 7.24. The molecule has 0 atom stereocenters. The largest absolute Gasteiger partial charge is 0.497 e. The van der Waals surface area contributed by atoms with Gasteiger partial charge in [-0.1, -0.05) is 12.1 Å². The van der Waals surface area contributed by atoms with Crippen molar-refractivity contribution in [1.82, 2.24) is 4.98 Å². The highest BCUT2D eigenvalue weighted by molar-refractivity contribution is 6.06. The monoisotopic (exact) mass is 324 g/mol. The summed E-state index contributed by atoms with van der Waals surface area (Å²) in [6.07, 6.45) is 1.25. The quantitative estimate of drug-likeness (QED) is 0.776. The standard InChI is InChI=1S/C18H16N2O4/c1-22-14-8-6-13(7-9-14)20-18(21)16-17(24-11-19-16)12-4-3-5-15(10-12)23-2/h3-11H,1-2H3,(H,20,21). The van der Waals surface area contributed by atoms with E-state index < -0.39 is 0 Å². The highest BCUT2D eigenvalue weighted by atomic mass is 16.5. The highest BCUT2D eigenvalue weighted by Gasteiger charge is 2.18. The summed E-state index contributed by atoms with van der Waals surface area (Å²) in [4.78, 5) is 16.5. The van der Waals surface area contributed by atoms with Crippen LogP contribution in [0.25, 0.3) is 11.3 Å². The van der Waals surface area contributed by atoms with Crippen molar-refractivity contribution in [2.24, 2.45) is 0 Å². The molecular weight excluding hydrogens is 308 g/mol. The summed E-state index contributed by atoms with van der Waals surface area (Å²) in [5, 5.41) is 2.79. The first-order valence-electron chi connectivity index (χ1n) is 7.24. The number of nitrogens with zero attached hydrogens (tertiary/aromatic N) is 1. The van der Waals surface area contributed by atoms with Gasteiger partial charge in [0.2, 0.25) is 0 Å². The zero-order chi connectivity index (χ0) is 16.9.